The Labute approximate surface area is 181 Å². The van der Waals surface area contributed by atoms with E-state index in [1.165, 1.54) is 17.2 Å². The van der Waals surface area contributed by atoms with Crippen molar-refractivity contribution >= 4 is 21.7 Å². The first-order valence-electron chi connectivity index (χ1n) is 11.2. The standard InChI is InChI=1S/C23H26N2O5S/c26-21-14-7-8-15(10-14)22-18(21)11-19(30-22)31(28,29)25-23(27)24-20-16-5-1-3-12(16)9-13-4-2-6-17(13)20/h9,11,14-15,21,26H,1-8,10H2,(H2,24,25,27)/t14-,15+,21?/m0/s1. The third-order valence-corrected chi connectivity index (χ3v) is 8.77. The Hall–Kier alpha value is -2.32. The van der Waals surface area contributed by atoms with Crippen molar-refractivity contribution in [3.05, 3.63) is 45.7 Å². The minimum Gasteiger partial charge on any atom is -0.447 e. The van der Waals surface area contributed by atoms with Gasteiger partial charge in [-0.25, -0.2) is 9.52 Å². The van der Waals surface area contributed by atoms with Gasteiger partial charge in [0.1, 0.15) is 5.76 Å². The SMILES string of the molecule is O=C(Nc1c2c(cc3c1CCC3)CCC2)NS(=O)(=O)c1cc2c(o1)[C@@H]1CC[C@@H](C1)C2O. The van der Waals surface area contributed by atoms with Gasteiger partial charge in [0.2, 0.25) is 5.09 Å². The van der Waals surface area contributed by atoms with Gasteiger partial charge in [0.05, 0.1) is 6.10 Å². The van der Waals surface area contributed by atoms with Crippen LogP contribution in [0.1, 0.15) is 77.7 Å². The molecule has 2 bridgehead atoms. The van der Waals surface area contributed by atoms with Crippen molar-refractivity contribution < 1.29 is 22.7 Å². The van der Waals surface area contributed by atoms with Gasteiger partial charge in [-0.05, 0) is 86.0 Å². The van der Waals surface area contributed by atoms with Crippen molar-refractivity contribution in [1.82, 2.24) is 4.72 Å². The first kappa shape index (κ1) is 19.4. The van der Waals surface area contributed by atoms with Gasteiger partial charge in [0, 0.05) is 23.2 Å². The molecule has 1 heterocycles. The van der Waals surface area contributed by atoms with E-state index in [-0.39, 0.29) is 16.9 Å². The Morgan fingerprint density at radius 1 is 1.03 bits per heavy atom. The minimum atomic E-state index is -4.18. The van der Waals surface area contributed by atoms with Crippen molar-refractivity contribution in [3.63, 3.8) is 0 Å². The van der Waals surface area contributed by atoms with E-state index in [0.717, 1.165) is 74.6 Å². The van der Waals surface area contributed by atoms with Gasteiger partial charge in [0.15, 0.2) is 0 Å². The van der Waals surface area contributed by atoms with Gasteiger partial charge >= 0.3 is 6.03 Å². The van der Waals surface area contributed by atoms with Crippen molar-refractivity contribution in [3.8, 4) is 0 Å². The van der Waals surface area contributed by atoms with E-state index < -0.39 is 22.2 Å². The highest BCUT2D eigenvalue weighted by atomic mass is 32.2. The van der Waals surface area contributed by atoms with Crippen LogP contribution in [0, 0.1) is 5.92 Å². The van der Waals surface area contributed by atoms with Crippen molar-refractivity contribution in [1.29, 1.82) is 0 Å². The molecule has 164 valence electrons. The summed E-state index contributed by atoms with van der Waals surface area (Å²) >= 11 is 0. The molecule has 1 saturated carbocycles. The van der Waals surface area contributed by atoms with Crippen molar-refractivity contribution in [2.24, 2.45) is 5.92 Å². The number of aliphatic hydroxyl groups excluding tert-OH is 1. The molecule has 1 unspecified atom stereocenters. The van der Waals surface area contributed by atoms with Gasteiger partial charge < -0.3 is 14.8 Å². The van der Waals surface area contributed by atoms with Crippen LogP contribution in [-0.4, -0.2) is 19.6 Å². The number of hydrogen-bond acceptors (Lipinski definition) is 5. The first-order chi connectivity index (χ1) is 14.9. The van der Waals surface area contributed by atoms with Crippen molar-refractivity contribution in [2.45, 2.75) is 74.9 Å². The zero-order valence-corrected chi connectivity index (χ0v) is 18.1. The maximum atomic E-state index is 12.9. The maximum Gasteiger partial charge on any atom is 0.333 e. The van der Waals surface area contributed by atoms with Crippen LogP contribution in [0.5, 0.6) is 0 Å². The van der Waals surface area contributed by atoms with Crippen LogP contribution in [0.2, 0.25) is 0 Å². The predicted molar refractivity (Wildman–Crippen MR) is 114 cm³/mol. The average Bonchev–Trinajstić information content (AvgIpc) is 3.50. The molecule has 4 aliphatic carbocycles. The fraction of sp³-hybridized carbons (Fsp3) is 0.522. The summed E-state index contributed by atoms with van der Waals surface area (Å²) in [7, 11) is -4.18. The van der Waals surface area contributed by atoms with E-state index in [4.69, 9.17) is 4.42 Å². The van der Waals surface area contributed by atoms with E-state index in [9.17, 15) is 18.3 Å². The number of benzene rings is 1. The van der Waals surface area contributed by atoms with Crippen LogP contribution in [0.4, 0.5) is 10.5 Å². The van der Waals surface area contributed by atoms with Crippen molar-refractivity contribution in [2.75, 3.05) is 5.32 Å². The number of aliphatic hydroxyl groups is 1. The topological polar surface area (TPSA) is 109 Å². The second kappa shape index (κ2) is 6.84. The molecule has 6 rings (SSSR count). The first-order valence-corrected chi connectivity index (χ1v) is 12.7. The summed E-state index contributed by atoms with van der Waals surface area (Å²) in [6, 6.07) is 2.88. The van der Waals surface area contributed by atoms with Crippen LogP contribution in [-0.2, 0) is 35.7 Å². The number of anilines is 1. The molecule has 0 radical (unpaired) electrons. The van der Waals surface area contributed by atoms with E-state index in [0.29, 0.717) is 11.3 Å². The lowest BCUT2D eigenvalue weighted by atomic mass is 9.86. The van der Waals surface area contributed by atoms with E-state index in [2.05, 4.69) is 16.1 Å². The molecule has 7 nitrogen and oxygen atoms in total. The van der Waals surface area contributed by atoms with E-state index >= 15 is 0 Å². The van der Waals surface area contributed by atoms with Crippen LogP contribution >= 0.6 is 0 Å². The lowest BCUT2D eigenvalue weighted by Crippen LogP contribution is -2.34. The third-order valence-electron chi connectivity index (χ3n) is 7.58. The monoisotopic (exact) mass is 442 g/mol. The summed E-state index contributed by atoms with van der Waals surface area (Å²) in [6.07, 6.45) is 7.82. The highest BCUT2D eigenvalue weighted by molar-refractivity contribution is 7.89. The molecule has 1 aromatic heterocycles. The largest absolute Gasteiger partial charge is 0.447 e. The third kappa shape index (κ3) is 3.03. The summed E-state index contributed by atoms with van der Waals surface area (Å²) in [5, 5.41) is 13.1. The molecular weight excluding hydrogens is 416 g/mol. The van der Waals surface area contributed by atoms with E-state index in [1.807, 2.05) is 0 Å². The number of carbonyl (C=O) groups is 1. The maximum absolute atomic E-state index is 12.9. The second-order valence-corrected chi connectivity index (χ2v) is 11.0. The molecule has 4 aliphatic rings. The Balaban J connectivity index is 1.26. The smallest absolute Gasteiger partial charge is 0.333 e. The summed E-state index contributed by atoms with van der Waals surface area (Å²) in [6.45, 7) is 0. The quantitative estimate of drug-likeness (QED) is 0.672. The molecule has 3 atom stereocenters. The Bertz CT molecular complexity index is 1150. The number of fused-ring (bicyclic) bond motifs is 6. The summed E-state index contributed by atoms with van der Waals surface area (Å²) in [5.41, 5.74) is 6.16. The van der Waals surface area contributed by atoms with Gasteiger partial charge in [-0.3, -0.25) is 0 Å². The molecule has 1 aromatic carbocycles. The molecule has 0 spiro atoms. The van der Waals surface area contributed by atoms with Gasteiger partial charge in [-0.15, -0.1) is 0 Å². The number of aryl methyl sites for hydroxylation is 2. The van der Waals surface area contributed by atoms with E-state index in [1.54, 1.807) is 0 Å². The minimum absolute atomic E-state index is 0.149. The second-order valence-electron chi connectivity index (χ2n) is 9.39. The number of carbonyl (C=O) groups excluding carboxylic acids is 1. The fourth-order valence-corrected chi connectivity index (χ4v) is 7.03. The number of sulfonamides is 1. The number of urea groups is 1. The van der Waals surface area contributed by atoms with Crippen LogP contribution in [0.25, 0.3) is 0 Å². The van der Waals surface area contributed by atoms with Crippen LogP contribution in [0.15, 0.2) is 21.6 Å². The predicted octanol–water partition coefficient (Wildman–Crippen LogP) is 3.70. The number of rotatable bonds is 3. The summed E-state index contributed by atoms with van der Waals surface area (Å²) in [4.78, 5) is 12.7. The summed E-state index contributed by atoms with van der Waals surface area (Å²) in [5.74, 6) is 0.862. The van der Waals surface area contributed by atoms with Gasteiger partial charge in [-0.1, -0.05) is 6.07 Å². The highest BCUT2D eigenvalue weighted by Gasteiger charge is 2.43. The number of furan rings is 1. The van der Waals surface area contributed by atoms with Crippen LogP contribution in [0.3, 0.4) is 0 Å². The molecule has 2 aromatic rings. The van der Waals surface area contributed by atoms with Crippen LogP contribution < -0.4 is 10.0 Å². The van der Waals surface area contributed by atoms with Gasteiger partial charge in [0.25, 0.3) is 10.0 Å². The molecular formula is C23H26N2O5S. The molecule has 0 aliphatic heterocycles. The number of nitrogens with one attached hydrogen (secondary N) is 2. The number of hydrogen-bond donors (Lipinski definition) is 3. The molecule has 8 heteroatoms. The zero-order chi connectivity index (χ0) is 21.3. The molecule has 31 heavy (non-hydrogen) atoms. The average molecular weight is 443 g/mol. The lowest BCUT2D eigenvalue weighted by Gasteiger charge is -2.23. The molecule has 0 saturated heterocycles. The highest BCUT2D eigenvalue weighted by Crippen LogP contribution is 2.52. The Morgan fingerprint density at radius 3 is 2.45 bits per heavy atom. The lowest BCUT2D eigenvalue weighted by molar-refractivity contribution is 0.101. The van der Waals surface area contributed by atoms with Gasteiger partial charge in [-0.2, -0.15) is 8.42 Å². The normalized spacial score (nSPS) is 25.8. The molecule has 1 fully saturated rings. The summed E-state index contributed by atoms with van der Waals surface area (Å²) < 4.78 is 33.6. The number of amides is 2. The Morgan fingerprint density at radius 2 is 1.74 bits per heavy atom. The molecule has 2 amide bonds. The molecule has 3 N–H and O–H groups in total. The zero-order valence-electron chi connectivity index (χ0n) is 17.2. The fourth-order valence-electron chi connectivity index (χ4n) is 6.15. The Kier molecular flexibility index (Phi) is 4.27.